The number of aromatic nitrogens is 3. The zero-order chi connectivity index (χ0) is 24.4. The Labute approximate surface area is 215 Å². The molecule has 4 heterocycles. The number of carbonyl (C=O) groups is 2. The van der Waals surface area contributed by atoms with Crippen LogP contribution in [0.2, 0.25) is 4.34 Å². The minimum absolute atomic E-state index is 0.0665. The van der Waals surface area contributed by atoms with Gasteiger partial charge in [0.1, 0.15) is 6.61 Å². The van der Waals surface area contributed by atoms with E-state index in [-0.39, 0.29) is 25.0 Å². The molecule has 0 atom stereocenters. The molecule has 1 fully saturated rings. The molecule has 0 bridgehead atoms. The van der Waals surface area contributed by atoms with Crippen LogP contribution in [-0.4, -0.2) is 50.8 Å². The Morgan fingerprint density at radius 2 is 1.94 bits per heavy atom. The first-order valence-corrected chi connectivity index (χ1v) is 12.2. The lowest BCUT2D eigenvalue weighted by molar-refractivity contribution is -0.125. The van der Waals surface area contributed by atoms with Crippen molar-refractivity contribution in [2.75, 3.05) is 24.7 Å². The molecule has 1 aliphatic heterocycles. The van der Waals surface area contributed by atoms with Gasteiger partial charge in [-0.15, -0.1) is 11.3 Å². The smallest absolute Gasteiger partial charge is 0.278 e. The van der Waals surface area contributed by atoms with Gasteiger partial charge in [0.15, 0.2) is 0 Å². The van der Waals surface area contributed by atoms with Gasteiger partial charge in [0.2, 0.25) is 0 Å². The Hall–Kier alpha value is -3.24. The second kappa shape index (κ2) is 10.2. The number of hydrogen-bond donors (Lipinski definition) is 0. The number of anilines is 1. The summed E-state index contributed by atoms with van der Waals surface area (Å²) in [7, 11) is 0. The highest BCUT2D eigenvalue weighted by Crippen LogP contribution is 2.28. The van der Waals surface area contributed by atoms with Gasteiger partial charge in [-0.25, -0.2) is 9.10 Å². The molecule has 0 saturated carbocycles. The number of thiophene rings is 1. The normalized spacial score (nSPS) is 13.8. The van der Waals surface area contributed by atoms with E-state index in [0.29, 0.717) is 28.1 Å². The molecule has 178 valence electrons. The van der Waals surface area contributed by atoms with Gasteiger partial charge in [0, 0.05) is 53.7 Å². The van der Waals surface area contributed by atoms with Crippen LogP contribution in [0.5, 0.6) is 0 Å². The summed E-state index contributed by atoms with van der Waals surface area (Å²) < 4.78 is 8.57. The molecule has 1 aliphatic rings. The van der Waals surface area contributed by atoms with Gasteiger partial charge < -0.3 is 9.64 Å². The van der Waals surface area contributed by atoms with Gasteiger partial charge in [-0.05, 0) is 48.5 Å². The number of halogens is 2. The number of morpholine rings is 1. The average Bonchev–Trinajstić information content (AvgIpc) is 3.51. The lowest BCUT2D eigenvalue weighted by atomic mass is 10.1. The number of hydrogen-bond acceptors (Lipinski definition) is 6. The van der Waals surface area contributed by atoms with Gasteiger partial charge >= 0.3 is 0 Å². The van der Waals surface area contributed by atoms with Crippen LogP contribution in [-0.2, 0) is 16.1 Å². The Kier molecular flexibility index (Phi) is 6.83. The molecule has 0 radical (unpaired) electrons. The third-order valence-electron chi connectivity index (χ3n) is 5.45. The van der Waals surface area contributed by atoms with Crippen LogP contribution in [0.1, 0.15) is 15.2 Å². The Morgan fingerprint density at radius 3 is 2.63 bits per heavy atom. The van der Waals surface area contributed by atoms with E-state index >= 15 is 0 Å². The van der Waals surface area contributed by atoms with Crippen LogP contribution in [0.3, 0.4) is 0 Å². The van der Waals surface area contributed by atoms with E-state index in [4.69, 9.17) is 33.2 Å². The molecule has 3 aromatic heterocycles. The van der Waals surface area contributed by atoms with Crippen LogP contribution in [0, 0.1) is 0 Å². The van der Waals surface area contributed by atoms with Crippen molar-refractivity contribution in [2.24, 2.45) is 0 Å². The summed E-state index contributed by atoms with van der Waals surface area (Å²) in [4.78, 5) is 31.3. The lowest BCUT2D eigenvalue weighted by Gasteiger charge is -2.26. The quantitative estimate of drug-likeness (QED) is 0.336. The van der Waals surface area contributed by atoms with Crippen molar-refractivity contribution in [3.8, 4) is 16.9 Å². The second-order valence-electron chi connectivity index (χ2n) is 7.73. The average molecular weight is 528 g/mol. The molecule has 5 rings (SSSR count). The zero-order valence-electron chi connectivity index (χ0n) is 18.3. The fraction of sp³-hybridized carbons (Fsp3) is 0.167. The molecule has 1 aromatic carbocycles. The lowest BCUT2D eigenvalue weighted by Crippen LogP contribution is -2.41. The summed E-state index contributed by atoms with van der Waals surface area (Å²) in [5, 5.41) is 4.76. The molecule has 1 saturated heterocycles. The third kappa shape index (κ3) is 5.08. The zero-order valence-corrected chi connectivity index (χ0v) is 20.6. The number of ether oxygens (including phenoxy) is 1. The van der Waals surface area contributed by atoms with E-state index in [1.165, 1.54) is 11.3 Å². The maximum absolute atomic E-state index is 12.8. The summed E-state index contributed by atoms with van der Waals surface area (Å²) in [5.41, 5.74) is 3.80. The van der Waals surface area contributed by atoms with Crippen molar-refractivity contribution < 1.29 is 14.3 Å². The first-order valence-electron chi connectivity index (χ1n) is 10.7. The predicted octanol–water partition coefficient (Wildman–Crippen LogP) is 4.81. The number of carbonyl (C=O) groups excluding carboxylic acids is 2. The van der Waals surface area contributed by atoms with Crippen molar-refractivity contribution in [3.63, 3.8) is 0 Å². The van der Waals surface area contributed by atoms with Crippen LogP contribution in [0.4, 0.5) is 5.69 Å². The molecule has 0 spiro atoms. The highest BCUT2D eigenvalue weighted by Gasteiger charge is 2.22. The maximum atomic E-state index is 12.8. The van der Waals surface area contributed by atoms with Gasteiger partial charge in [-0.2, -0.15) is 5.10 Å². The van der Waals surface area contributed by atoms with Crippen molar-refractivity contribution in [1.82, 2.24) is 19.2 Å². The minimum atomic E-state index is -0.340. The number of benzene rings is 1. The van der Waals surface area contributed by atoms with E-state index in [1.807, 2.05) is 42.6 Å². The molecule has 0 aliphatic carbocycles. The molecule has 8 nitrogen and oxygen atoms in total. The molecular formula is C24H19Cl2N5O3S. The first kappa shape index (κ1) is 23.5. The van der Waals surface area contributed by atoms with Gasteiger partial charge in [0.25, 0.3) is 11.8 Å². The van der Waals surface area contributed by atoms with E-state index in [2.05, 4.69) is 4.98 Å². The Balaban J connectivity index is 1.44. The number of amides is 2. The molecular weight excluding hydrogens is 509 g/mol. The highest BCUT2D eigenvalue weighted by molar-refractivity contribution is 7.18. The van der Waals surface area contributed by atoms with Crippen molar-refractivity contribution in [3.05, 3.63) is 81.9 Å². The minimum Gasteiger partial charge on any atom is -0.370 e. The van der Waals surface area contributed by atoms with Crippen LogP contribution in [0.25, 0.3) is 16.9 Å². The van der Waals surface area contributed by atoms with Gasteiger partial charge in [-0.1, -0.05) is 11.6 Å². The standard InChI is InChI=1S/C24H19Cl2N5O3S/c25-21-8-7-20(35-21)24(33)30(26)13-17-14-31(28-23(17)16-2-1-9-27-12-16)19-5-3-18(4-6-19)29-10-11-34-15-22(29)32/h1-9,12,14H,10-11,13,15H2. The number of nitrogens with zero attached hydrogens (tertiary/aromatic N) is 5. The number of pyridine rings is 1. The van der Waals surface area contributed by atoms with Crippen LogP contribution in [0.15, 0.2) is 67.1 Å². The highest BCUT2D eigenvalue weighted by atomic mass is 35.5. The number of rotatable bonds is 6. The molecule has 0 unspecified atom stereocenters. The SMILES string of the molecule is O=C(c1ccc(Cl)s1)N(Cl)Cc1cn(-c2ccc(N3CCOCC3=O)cc2)nc1-c1cccnc1. The van der Waals surface area contributed by atoms with E-state index in [1.54, 1.807) is 34.1 Å². The van der Waals surface area contributed by atoms with Crippen molar-refractivity contribution >= 4 is 52.2 Å². The summed E-state index contributed by atoms with van der Waals surface area (Å²) in [5.74, 6) is -0.406. The van der Waals surface area contributed by atoms with E-state index in [0.717, 1.165) is 26.9 Å². The predicted molar refractivity (Wildman–Crippen MR) is 135 cm³/mol. The topological polar surface area (TPSA) is 80.6 Å². The van der Waals surface area contributed by atoms with Crippen LogP contribution >= 0.6 is 34.7 Å². The van der Waals surface area contributed by atoms with Gasteiger partial charge in [0.05, 0.1) is 33.7 Å². The van der Waals surface area contributed by atoms with Gasteiger partial charge in [-0.3, -0.25) is 14.6 Å². The largest absolute Gasteiger partial charge is 0.370 e. The van der Waals surface area contributed by atoms with E-state index < -0.39 is 0 Å². The fourth-order valence-electron chi connectivity index (χ4n) is 3.75. The fourth-order valence-corrected chi connectivity index (χ4v) is 5.01. The van der Waals surface area contributed by atoms with E-state index in [9.17, 15) is 9.59 Å². The summed E-state index contributed by atoms with van der Waals surface area (Å²) in [6, 6.07) is 14.6. The summed E-state index contributed by atoms with van der Waals surface area (Å²) in [6.07, 6.45) is 5.23. The molecule has 11 heteroatoms. The first-order chi connectivity index (χ1) is 17.0. The van der Waals surface area contributed by atoms with Crippen LogP contribution < -0.4 is 4.90 Å². The van der Waals surface area contributed by atoms with Crippen molar-refractivity contribution in [1.29, 1.82) is 0 Å². The molecule has 0 N–H and O–H groups in total. The maximum Gasteiger partial charge on any atom is 0.278 e. The third-order valence-corrected chi connectivity index (χ3v) is 6.94. The molecule has 35 heavy (non-hydrogen) atoms. The molecule has 4 aromatic rings. The van der Waals surface area contributed by atoms with Crippen molar-refractivity contribution in [2.45, 2.75) is 6.54 Å². The summed E-state index contributed by atoms with van der Waals surface area (Å²) >= 11 is 13.5. The Bertz CT molecular complexity index is 1360. The second-order valence-corrected chi connectivity index (χ2v) is 9.86. The monoisotopic (exact) mass is 527 g/mol. The Morgan fingerprint density at radius 1 is 1.14 bits per heavy atom. The molecule has 2 amide bonds. The summed E-state index contributed by atoms with van der Waals surface area (Å²) in [6.45, 7) is 1.24.